The molecule has 0 saturated carbocycles. The first-order valence-electron chi connectivity index (χ1n) is 13.7. The highest BCUT2D eigenvalue weighted by Gasteiger charge is 2.37. The fraction of sp³-hybridized carbons (Fsp3) is 0.312. The zero-order valence-electron chi connectivity index (χ0n) is 24.9. The van der Waals surface area contributed by atoms with E-state index >= 15 is 0 Å². The highest BCUT2D eigenvalue weighted by Crippen LogP contribution is 2.37. The van der Waals surface area contributed by atoms with Gasteiger partial charge in [-0.05, 0) is 85.3 Å². The van der Waals surface area contributed by atoms with E-state index in [1.807, 2.05) is 48.9 Å². The summed E-state index contributed by atoms with van der Waals surface area (Å²) >= 11 is 2.94. The van der Waals surface area contributed by atoms with Crippen LogP contribution in [0.2, 0.25) is 0 Å². The van der Waals surface area contributed by atoms with Crippen LogP contribution in [-0.4, -0.2) is 38.6 Å². The molecule has 44 heavy (non-hydrogen) atoms. The van der Waals surface area contributed by atoms with E-state index < -0.39 is 35.6 Å². The molecular formula is C32H36N2O8S2. The number of nitrogens with two attached hydrogens (primary N) is 2. The molecule has 12 heteroatoms. The molecule has 4 unspecified atom stereocenters. The second kappa shape index (κ2) is 14.6. The first-order valence-corrected chi connectivity index (χ1v) is 15.5. The molecule has 4 atom stereocenters. The molecule has 2 heterocycles. The van der Waals surface area contributed by atoms with E-state index in [4.69, 9.17) is 39.9 Å². The summed E-state index contributed by atoms with van der Waals surface area (Å²) in [5.41, 5.74) is 10.5. The standard InChI is InChI=1S/C32H36N2O8S2/c1-31(25-7-5-17-43-25,41-23-13-9-21(37-3)10-14-23)19-27(33)39-29(35)30(36)40-28(34)20-32(2,26-8-6-18-44-26)42-24-15-11-22(38-4)12-16-24/h5-18,27-28H,19-20,33-34H2,1-4H3. The fourth-order valence-electron chi connectivity index (χ4n) is 4.57. The molecule has 234 valence electrons. The Morgan fingerprint density at radius 1 is 0.636 bits per heavy atom. The summed E-state index contributed by atoms with van der Waals surface area (Å²) in [6.45, 7) is 3.67. The predicted molar refractivity (Wildman–Crippen MR) is 168 cm³/mol. The van der Waals surface area contributed by atoms with Crippen LogP contribution in [0.5, 0.6) is 23.0 Å². The van der Waals surface area contributed by atoms with Gasteiger partial charge in [0.1, 0.15) is 34.2 Å². The third-order valence-electron chi connectivity index (χ3n) is 6.75. The second-order valence-corrected chi connectivity index (χ2v) is 12.2. The number of rotatable bonds is 14. The van der Waals surface area contributed by atoms with E-state index in [2.05, 4.69) is 0 Å². The van der Waals surface area contributed by atoms with Gasteiger partial charge in [-0.3, -0.25) is 11.5 Å². The smallest absolute Gasteiger partial charge is 0.419 e. The second-order valence-electron chi connectivity index (χ2n) is 10.3. The summed E-state index contributed by atoms with van der Waals surface area (Å²) in [7, 11) is 3.16. The topological polar surface area (TPSA) is 142 Å². The van der Waals surface area contributed by atoms with Crippen molar-refractivity contribution in [2.45, 2.75) is 50.3 Å². The zero-order chi connectivity index (χ0) is 31.7. The summed E-state index contributed by atoms with van der Waals surface area (Å²) in [5.74, 6) is -0.0341. The van der Waals surface area contributed by atoms with Crippen LogP contribution in [0.15, 0.2) is 83.6 Å². The van der Waals surface area contributed by atoms with Crippen molar-refractivity contribution in [3.05, 3.63) is 93.3 Å². The molecule has 10 nitrogen and oxygen atoms in total. The van der Waals surface area contributed by atoms with Gasteiger partial charge in [0.05, 0.1) is 14.2 Å². The van der Waals surface area contributed by atoms with Gasteiger partial charge in [-0.15, -0.1) is 22.7 Å². The van der Waals surface area contributed by atoms with Crippen molar-refractivity contribution in [1.82, 2.24) is 0 Å². The van der Waals surface area contributed by atoms with Gasteiger partial charge in [0.2, 0.25) is 0 Å². The van der Waals surface area contributed by atoms with Crippen molar-refractivity contribution < 1.29 is 38.0 Å². The molecule has 2 aromatic heterocycles. The molecule has 2 aromatic carbocycles. The lowest BCUT2D eigenvalue weighted by atomic mass is 9.98. The Balaban J connectivity index is 1.38. The van der Waals surface area contributed by atoms with E-state index in [9.17, 15) is 9.59 Å². The first-order chi connectivity index (χ1) is 21.0. The average molecular weight is 641 g/mol. The monoisotopic (exact) mass is 640 g/mol. The van der Waals surface area contributed by atoms with E-state index in [0.717, 1.165) is 9.75 Å². The van der Waals surface area contributed by atoms with Gasteiger partial charge in [0, 0.05) is 22.6 Å². The van der Waals surface area contributed by atoms with Crippen molar-refractivity contribution in [2.24, 2.45) is 11.5 Å². The Hall–Kier alpha value is -4.10. The number of carbonyl (C=O) groups is 2. The highest BCUT2D eigenvalue weighted by molar-refractivity contribution is 7.10. The molecule has 0 amide bonds. The lowest BCUT2D eigenvalue weighted by Crippen LogP contribution is -2.43. The zero-order valence-corrected chi connectivity index (χ0v) is 26.5. The molecule has 0 aliphatic heterocycles. The van der Waals surface area contributed by atoms with Crippen LogP contribution < -0.4 is 30.4 Å². The van der Waals surface area contributed by atoms with Crippen molar-refractivity contribution in [3.63, 3.8) is 0 Å². The van der Waals surface area contributed by atoms with Gasteiger partial charge in [-0.1, -0.05) is 12.1 Å². The molecule has 0 radical (unpaired) electrons. The SMILES string of the molecule is COc1ccc(OC(C)(CC(N)OC(=O)C(=O)OC(N)CC(C)(Oc2ccc(OC)cc2)c2cccs2)c2cccs2)cc1. The Morgan fingerprint density at radius 2 is 0.977 bits per heavy atom. The van der Waals surface area contributed by atoms with Crippen LogP contribution in [0.4, 0.5) is 0 Å². The Kier molecular flexibility index (Phi) is 10.9. The molecule has 0 fully saturated rings. The average Bonchev–Trinajstić information content (AvgIpc) is 3.74. The summed E-state index contributed by atoms with van der Waals surface area (Å²) in [4.78, 5) is 27.1. The van der Waals surface area contributed by atoms with E-state index in [-0.39, 0.29) is 12.8 Å². The lowest BCUT2D eigenvalue weighted by Gasteiger charge is -2.32. The third kappa shape index (κ3) is 8.50. The largest absolute Gasteiger partial charge is 0.497 e. The van der Waals surface area contributed by atoms with Gasteiger partial charge in [-0.2, -0.15) is 0 Å². The van der Waals surface area contributed by atoms with Gasteiger partial charge in [0.25, 0.3) is 0 Å². The molecule has 0 aliphatic rings. The van der Waals surface area contributed by atoms with Crippen LogP contribution in [0.1, 0.15) is 36.4 Å². The third-order valence-corrected chi connectivity index (χ3v) is 8.98. The van der Waals surface area contributed by atoms with Crippen molar-refractivity contribution >= 4 is 34.6 Å². The number of carbonyl (C=O) groups excluding carboxylic acids is 2. The molecule has 0 saturated heterocycles. The molecule has 0 bridgehead atoms. The van der Waals surface area contributed by atoms with Gasteiger partial charge >= 0.3 is 11.9 Å². The van der Waals surface area contributed by atoms with E-state index in [0.29, 0.717) is 23.0 Å². The maximum atomic E-state index is 12.7. The molecule has 0 spiro atoms. The maximum absolute atomic E-state index is 12.7. The number of ether oxygens (including phenoxy) is 6. The number of methoxy groups -OCH3 is 2. The lowest BCUT2D eigenvalue weighted by molar-refractivity contribution is -0.176. The molecular weight excluding hydrogens is 604 g/mol. The Morgan fingerprint density at radius 3 is 1.27 bits per heavy atom. The summed E-state index contributed by atoms with van der Waals surface area (Å²) in [5, 5.41) is 3.81. The number of esters is 2. The Labute approximate surface area is 264 Å². The quantitative estimate of drug-likeness (QED) is 0.102. The fourth-order valence-corrected chi connectivity index (χ4v) is 6.24. The van der Waals surface area contributed by atoms with Crippen molar-refractivity contribution in [2.75, 3.05) is 14.2 Å². The van der Waals surface area contributed by atoms with Crippen LogP contribution >= 0.6 is 22.7 Å². The molecule has 4 aromatic rings. The van der Waals surface area contributed by atoms with Crippen LogP contribution in [0.3, 0.4) is 0 Å². The minimum Gasteiger partial charge on any atom is -0.497 e. The van der Waals surface area contributed by atoms with Gasteiger partial charge < -0.3 is 28.4 Å². The minimum atomic E-state index is -1.26. The maximum Gasteiger partial charge on any atom is 0.419 e. The van der Waals surface area contributed by atoms with Crippen LogP contribution in [-0.2, 0) is 30.3 Å². The molecule has 4 rings (SSSR count). The summed E-state index contributed by atoms with van der Waals surface area (Å²) < 4.78 is 33.6. The van der Waals surface area contributed by atoms with E-state index in [1.54, 1.807) is 62.8 Å². The van der Waals surface area contributed by atoms with Crippen molar-refractivity contribution in [1.29, 1.82) is 0 Å². The van der Waals surface area contributed by atoms with E-state index in [1.165, 1.54) is 22.7 Å². The first kappa shape index (κ1) is 32.8. The van der Waals surface area contributed by atoms with Crippen LogP contribution in [0, 0.1) is 0 Å². The normalized spacial score (nSPS) is 15.1. The predicted octanol–water partition coefficient (Wildman–Crippen LogP) is 5.55. The van der Waals surface area contributed by atoms with Crippen LogP contribution in [0.25, 0.3) is 0 Å². The number of benzene rings is 2. The summed E-state index contributed by atoms with van der Waals surface area (Å²) in [6.07, 6.45) is -2.27. The number of thiophene rings is 2. The number of hydrogen-bond acceptors (Lipinski definition) is 12. The molecule has 4 N–H and O–H groups in total. The highest BCUT2D eigenvalue weighted by atomic mass is 32.1. The molecule has 0 aliphatic carbocycles. The van der Waals surface area contributed by atoms with Crippen molar-refractivity contribution in [3.8, 4) is 23.0 Å². The van der Waals surface area contributed by atoms with Gasteiger partial charge in [-0.25, -0.2) is 9.59 Å². The Bertz CT molecular complexity index is 1370. The minimum absolute atomic E-state index is 0.0523. The summed E-state index contributed by atoms with van der Waals surface area (Å²) in [6, 6.07) is 21.7. The van der Waals surface area contributed by atoms with Gasteiger partial charge in [0.15, 0.2) is 12.5 Å². The number of hydrogen-bond donors (Lipinski definition) is 2.